The number of rotatable bonds is 4. The second kappa shape index (κ2) is 5.29. The van der Waals surface area contributed by atoms with E-state index in [0.29, 0.717) is 5.56 Å². The third kappa shape index (κ3) is 3.20. The molecule has 0 bridgehead atoms. The Labute approximate surface area is 89.1 Å². The van der Waals surface area contributed by atoms with Crippen LogP contribution in [0, 0.1) is 5.92 Å². The lowest BCUT2D eigenvalue weighted by Gasteiger charge is -2.08. The molecule has 80 valence electrons. The van der Waals surface area contributed by atoms with Crippen molar-refractivity contribution >= 4 is 11.8 Å². The Bertz CT molecular complexity index is 343. The first kappa shape index (κ1) is 11.4. The first-order valence-corrected chi connectivity index (χ1v) is 4.81. The minimum Gasteiger partial charge on any atom is -0.469 e. The zero-order valence-electron chi connectivity index (χ0n) is 8.90. The molecule has 0 aliphatic carbocycles. The second-order valence-electron chi connectivity index (χ2n) is 3.41. The van der Waals surface area contributed by atoms with Crippen molar-refractivity contribution in [3.63, 3.8) is 0 Å². The molecule has 15 heavy (non-hydrogen) atoms. The summed E-state index contributed by atoms with van der Waals surface area (Å²) >= 11 is 0. The molecule has 0 radical (unpaired) electrons. The fourth-order valence-electron chi connectivity index (χ4n) is 1.31. The molecule has 0 aliphatic heterocycles. The van der Waals surface area contributed by atoms with Crippen molar-refractivity contribution in [2.75, 3.05) is 7.11 Å². The van der Waals surface area contributed by atoms with Gasteiger partial charge in [0.25, 0.3) is 0 Å². The van der Waals surface area contributed by atoms with Gasteiger partial charge in [-0.15, -0.1) is 0 Å². The van der Waals surface area contributed by atoms with Crippen molar-refractivity contribution in [1.29, 1.82) is 0 Å². The largest absolute Gasteiger partial charge is 0.469 e. The maximum Gasteiger partial charge on any atom is 0.306 e. The van der Waals surface area contributed by atoms with Gasteiger partial charge in [0.1, 0.15) is 0 Å². The van der Waals surface area contributed by atoms with E-state index in [4.69, 9.17) is 0 Å². The second-order valence-corrected chi connectivity index (χ2v) is 3.41. The fraction of sp³-hybridized carbons (Fsp3) is 0.333. The number of methoxy groups -OCH3 is 1. The van der Waals surface area contributed by atoms with Crippen molar-refractivity contribution in [2.24, 2.45) is 5.92 Å². The number of carbonyl (C=O) groups excluding carboxylic acids is 2. The van der Waals surface area contributed by atoms with E-state index in [-0.39, 0.29) is 24.1 Å². The molecule has 0 aromatic heterocycles. The number of ketones is 1. The third-order valence-corrected chi connectivity index (χ3v) is 2.21. The lowest BCUT2D eigenvalue weighted by molar-refractivity contribution is -0.141. The standard InChI is InChI=1S/C12H14O3/c1-9(8-11(13)15-2)12(14)10-6-4-3-5-7-10/h3-7,9H,8H2,1-2H3/t9-/m1/s1. The molecule has 0 unspecified atom stereocenters. The van der Waals surface area contributed by atoms with Crippen molar-refractivity contribution in [1.82, 2.24) is 0 Å². The van der Waals surface area contributed by atoms with Crippen LogP contribution in [0.2, 0.25) is 0 Å². The lowest BCUT2D eigenvalue weighted by atomic mass is 9.97. The molecule has 0 spiro atoms. The van der Waals surface area contributed by atoms with E-state index in [9.17, 15) is 9.59 Å². The normalized spacial score (nSPS) is 11.9. The predicted octanol–water partition coefficient (Wildman–Crippen LogP) is 2.07. The summed E-state index contributed by atoms with van der Waals surface area (Å²) in [6.45, 7) is 1.73. The van der Waals surface area contributed by atoms with Crippen molar-refractivity contribution in [2.45, 2.75) is 13.3 Å². The Morgan fingerprint density at radius 2 is 1.87 bits per heavy atom. The van der Waals surface area contributed by atoms with Crippen molar-refractivity contribution in [3.05, 3.63) is 35.9 Å². The summed E-state index contributed by atoms with van der Waals surface area (Å²) in [7, 11) is 1.32. The van der Waals surface area contributed by atoms with Gasteiger partial charge in [-0.05, 0) is 0 Å². The minimum absolute atomic E-state index is 0.0269. The van der Waals surface area contributed by atoms with Crippen LogP contribution in [0.5, 0.6) is 0 Å². The Hall–Kier alpha value is -1.64. The van der Waals surface area contributed by atoms with Crippen molar-refractivity contribution < 1.29 is 14.3 Å². The number of carbonyl (C=O) groups is 2. The van der Waals surface area contributed by atoms with Crippen LogP contribution < -0.4 is 0 Å². The molecular formula is C12H14O3. The van der Waals surface area contributed by atoms with Crippen LogP contribution in [0.25, 0.3) is 0 Å². The summed E-state index contributed by atoms with van der Waals surface area (Å²) in [4.78, 5) is 22.8. The first-order valence-electron chi connectivity index (χ1n) is 4.81. The molecule has 1 atom stereocenters. The molecule has 0 N–H and O–H groups in total. The van der Waals surface area contributed by atoms with Crippen LogP contribution in [0.1, 0.15) is 23.7 Å². The monoisotopic (exact) mass is 206 g/mol. The fourth-order valence-corrected chi connectivity index (χ4v) is 1.31. The highest BCUT2D eigenvalue weighted by Gasteiger charge is 2.18. The highest BCUT2D eigenvalue weighted by atomic mass is 16.5. The zero-order valence-corrected chi connectivity index (χ0v) is 8.90. The van der Waals surface area contributed by atoms with Gasteiger partial charge >= 0.3 is 5.97 Å². The number of benzene rings is 1. The van der Waals surface area contributed by atoms with E-state index in [1.807, 2.05) is 6.07 Å². The quantitative estimate of drug-likeness (QED) is 0.559. The van der Waals surface area contributed by atoms with E-state index in [1.165, 1.54) is 7.11 Å². The smallest absolute Gasteiger partial charge is 0.306 e. The number of ether oxygens (including phenoxy) is 1. The van der Waals surface area contributed by atoms with Gasteiger partial charge in [0.2, 0.25) is 0 Å². The molecule has 3 nitrogen and oxygen atoms in total. The molecule has 0 saturated carbocycles. The Kier molecular flexibility index (Phi) is 4.03. The third-order valence-electron chi connectivity index (χ3n) is 2.21. The summed E-state index contributed by atoms with van der Waals surface area (Å²) < 4.78 is 4.52. The van der Waals surface area contributed by atoms with Crippen LogP contribution >= 0.6 is 0 Å². The highest BCUT2D eigenvalue weighted by Crippen LogP contribution is 2.12. The average molecular weight is 206 g/mol. The highest BCUT2D eigenvalue weighted by molar-refractivity contribution is 5.99. The van der Waals surface area contributed by atoms with Gasteiger partial charge in [-0.2, -0.15) is 0 Å². The molecule has 0 fully saturated rings. The number of hydrogen-bond donors (Lipinski definition) is 0. The maximum atomic E-state index is 11.8. The number of Topliss-reactive ketones (excluding diaryl/α,β-unsaturated/α-hetero) is 1. The summed E-state index contributed by atoms with van der Waals surface area (Å²) in [6, 6.07) is 8.95. The van der Waals surface area contributed by atoms with Gasteiger partial charge in [0.15, 0.2) is 5.78 Å². The van der Waals surface area contributed by atoms with Gasteiger partial charge in [-0.3, -0.25) is 9.59 Å². The Morgan fingerprint density at radius 3 is 2.40 bits per heavy atom. The van der Waals surface area contributed by atoms with Gasteiger partial charge in [-0.25, -0.2) is 0 Å². The SMILES string of the molecule is COC(=O)C[C@@H](C)C(=O)c1ccccc1. The van der Waals surface area contributed by atoms with Crippen LogP contribution in [-0.2, 0) is 9.53 Å². The Morgan fingerprint density at radius 1 is 1.27 bits per heavy atom. The molecule has 0 heterocycles. The van der Waals surface area contributed by atoms with E-state index in [2.05, 4.69) is 4.74 Å². The average Bonchev–Trinajstić information content (AvgIpc) is 2.29. The molecule has 0 saturated heterocycles. The molecule has 1 rings (SSSR count). The molecular weight excluding hydrogens is 192 g/mol. The van der Waals surface area contributed by atoms with Crippen molar-refractivity contribution in [3.8, 4) is 0 Å². The van der Waals surface area contributed by atoms with E-state index < -0.39 is 0 Å². The lowest BCUT2D eigenvalue weighted by Crippen LogP contribution is -2.16. The van der Waals surface area contributed by atoms with E-state index >= 15 is 0 Å². The van der Waals surface area contributed by atoms with Gasteiger partial charge in [-0.1, -0.05) is 37.3 Å². The summed E-state index contributed by atoms with van der Waals surface area (Å²) in [5.74, 6) is -0.715. The number of esters is 1. The van der Waals surface area contributed by atoms with Gasteiger partial charge in [0, 0.05) is 11.5 Å². The predicted molar refractivity (Wildman–Crippen MR) is 56.6 cm³/mol. The molecule has 0 aliphatic rings. The summed E-state index contributed by atoms with van der Waals surface area (Å²) in [5.41, 5.74) is 0.633. The van der Waals surface area contributed by atoms with Gasteiger partial charge in [0.05, 0.1) is 13.5 Å². The Balaban J connectivity index is 2.65. The molecule has 0 amide bonds. The van der Waals surface area contributed by atoms with Crippen LogP contribution in [0.4, 0.5) is 0 Å². The van der Waals surface area contributed by atoms with E-state index in [1.54, 1.807) is 31.2 Å². The topological polar surface area (TPSA) is 43.4 Å². The van der Waals surface area contributed by atoms with Gasteiger partial charge < -0.3 is 4.74 Å². The number of hydrogen-bond acceptors (Lipinski definition) is 3. The van der Waals surface area contributed by atoms with Crippen LogP contribution in [0.3, 0.4) is 0 Å². The van der Waals surface area contributed by atoms with Crippen LogP contribution in [0.15, 0.2) is 30.3 Å². The van der Waals surface area contributed by atoms with Crippen LogP contribution in [-0.4, -0.2) is 18.9 Å². The first-order chi connectivity index (χ1) is 7.15. The molecule has 1 aromatic rings. The summed E-state index contributed by atoms with van der Waals surface area (Å²) in [5, 5.41) is 0. The maximum absolute atomic E-state index is 11.8. The summed E-state index contributed by atoms with van der Waals surface area (Å²) in [6.07, 6.45) is 0.129. The molecule has 3 heteroatoms. The molecule has 1 aromatic carbocycles. The van der Waals surface area contributed by atoms with E-state index in [0.717, 1.165) is 0 Å². The zero-order chi connectivity index (χ0) is 11.3. The minimum atomic E-state index is -0.355.